The van der Waals surface area contributed by atoms with Crippen LogP contribution in [0.1, 0.15) is 30.6 Å². The van der Waals surface area contributed by atoms with Crippen molar-refractivity contribution in [1.82, 2.24) is 9.80 Å². The van der Waals surface area contributed by atoms with E-state index in [-0.39, 0.29) is 22.1 Å². The van der Waals surface area contributed by atoms with Crippen molar-refractivity contribution < 1.29 is 17.6 Å². The van der Waals surface area contributed by atoms with Crippen LogP contribution in [0.25, 0.3) is 0 Å². The van der Waals surface area contributed by atoms with Gasteiger partial charge in [-0.2, -0.15) is 0 Å². The van der Waals surface area contributed by atoms with Crippen LogP contribution in [0, 0.1) is 5.82 Å². The Balaban J connectivity index is 2.25. The normalized spacial score (nSPS) is 19.3. The largest absolute Gasteiger partial charge is 0.333 e. The second-order valence-electron chi connectivity index (χ2n) is 6.21. The van der Waals surface area contributed by atoms with Crippen molar-refractivity contribution in [2.24, 2.45) is 0 Å². The topological polar surface area (TPSA) is 57.7 Å². The Kier molecular flexibility index (Phi) is 6.82. The zero-order valence-corrected chi connectivity index (χ0v) is 16.1. The minimum atomic E-state index is -3.15. The Morgan fingerprint density at radius 1 is 1.28 bits per heavy atom. The molecule has 25 heavy (non-hydrogen) atoms. The fourth-order valence-electron chi connectivity index (χ4n) is 3.08. The van der Waals surface area contributed by atoms with Gasteiger partial charge in [-0.1, -0.05) is 25.4 Å². The van der Waals surface area contributed by atoms with Crippen molar-refractivity contribution in [3.8, 4) is 0 Å². The molecular weight excluding hydrogens is 367 g/mol. The molecule has 1 amide bonds. The molecule has 2 rings (SSSR count). The van der Waals surface area contributed by atoms with Gasteiger partial charge >= 0.3 is 0 Å². The third kappa shape index (κ3) is 5.15. The van der Waals surface area contributed by atoms with Crippen LogP contribution in [0.5, 0.6) is 0 Å². The number of carbonyl (C=O) groups excluding carboxylic acids is 1. The highest BCUT2D eigenvalue weighted by Crippen LogP contribution is 2.22. The first kappa shape index (κ1) is 20.1. The number of sulfone groups is 1. The third-order valence-corrected chi connectivity index (χ3v) is 6.61. The number of carbonyl (C=O) groups is 1. The monoisotopic (exact) mass is 390 g/mol. The van der Waals surface area contributed by atoms with Crippen LogP contribution in [0.4, 0.5) is 4.39 Å². The van der Waals surface area contributed by atoms with Gasteiger partial charge in [0.05, 0.1) is 17.1 Å². The number of halogens is 2. The summed E-state index contributed by atoms with van der Waals surface area (Å²) >= 11 is 5.76. The summed E-state index contributed by atoms with van der Waals surface area (Å²) in [5.41, 5.74) is -0.0757. The van der Waals surface area contributed by atoms with E-state index in [0.29, 0.717) is 19.5 Å². The first-order chi connectivity index (χ1) is 11.8. The van der Waals surface area contributed by atoms with Crippen LogP contribution in [-0.4, -0.2) is 67.9 Å². The number of likely N-dealkylation sites (N-methyl/N-ethyl adjacent to an activating group) is 1. The van der Waals surface area contributed by atoms with Crippen molar-refractivity contribution in [3.05, 3.63) is 34.6 Å². The maximum absolute atomic E-state index is 14.2. The van der Waals surface area contributed by atoms with Crippen LogP contribution in [-0.2, 0) is 9.84 Å². The molecule has 0 aromatic heterocycles. The van der Waals surface area contributed by atoms with E-state index < -0.39 is 27.6 Å². The van der Waals surface area contributed by atoms with E-state index in [1.165, 1.54) is 17.0 Å². The second-order valence-corrected chi connectivity index (χ2v) is 8.87. The van der Waals surface area contributed by atoms with Crippen LogP contribution in [0.3, 0.4) is 0 Å². The van der Waals surface area contributed by atoms with Crippen LogP contribution in [0.15, 0.2) is 18.2 Å². The highest BCUT2D eigenvalue weighted by atomic mass is 35.5. The van der Waals surface area contributed by atoms with Crippen molar-refractivity contribution >= 4 is 27.3 Å². The molecular formula is C17H24ClFN2O3S. The predicted octanol–water partition coefficient (Wildman–Crippen LogP) is 2.45. The molecule has 5 nitrogen and oxygen atoms in total. The molecule has 0 bridgehead atoms. The Hall–Kier alpha value is -1.18. The number of amides is 1. The highest BCUT2D eigenvalue weighted by molar-refractivity contribution is 7.91. The van der Waals surface area contributed by atoms with Crippen molar-refractivity contribution in [3.63, 3.8) is 0 Å². The summed E-state index contributed by atoms with van der Waals surface area (Å²) in [4.78, 5) is 16.5. The Morgan fingerprint density at radius 3 is 2.48 bits per heavy atom. The second kappa shape index (κ2) is 8.47. The van der Waals surface area contributed by atoms with Crippen LogP contribution >= 0.6 is 11.6 Å². The molecule has 0 N–H and O–H groups in total. The van der Waals surface area contributed by atoms with E-state index in [1.807, 2.05) is 13.8 Å². The summed E-state index contributed by atoms with van der Waals surface area (Å²) < 4.78 is 37.8. The minimum absolute atomic E-state index is 0.0633. The van der Waals surface area contributed by atoms with Gasteiger partial charge in [-0.3, -0.25) is 4.79 Å². The lowest BCUT2D eigenvalue weighted by Gasteiger charge is -2.31. The van der Waals surface area contributed by atoms with E-state index in [2.05, 4.69) is 4.90 Å². The van der Waals surface area contributed by atoms with E-state index in [1.54, 1.807) is 0 Å². The van der Waals surface area contributed by atoms with E-state index in [0.717, 1.165) is 19.2 Å². The summed E-state index contributed by atoms with van der Waals surface area (Å²) in [6.45, 7) is 6.68. The Morgan fingerprint density at radius 2 is 1.96 bits per heavy atom. The number of hydrogen-bond donors (Lipinski definition) is 0. The maximum Gasteiger partial charge on any atom is 0.257 e. The smallest absolute Gasteiger partial charge is 0.257 e. The Labute approximate surface area is 153 Å². The van der Waals surface area contributed by atoms with Gasteiger partial charge < -0.3 is 9.80 Å². The van der Waals surface area contributed by atoms with Crippen LogP contribution < -0.4 is 0 Å². The molecule has 1 aliphatic heterocycles. The van der Waals surface area contributed by atoms with Gasteiger partial charge in [0, 0.05) is 24.2 Å². The molecule has 1 heterocycles. The van der Waals surface area contributed by atoms with E-state index >= 15 is 0 Å². The average Bonchev–Trinajstić information content (AvgIpc) is 2.91. The lowest BCUT2D eigenvalue weighted by atomic mass is 10.1. The molecule has 0 aliphatic carbocycles. The van der Waals surface area contributed by atoms with Gasteiger partial charge in [-0.15, -0.1) is 0 Å². The molecule has 1 aliphatic rings. The lowest BCUT2D eigenvalue weighted by Crippen LogP contribution is -2.45. The number of benzene rings is 1. The van der Waals surface area contributed by atoms with Gasteiger partial charge in [0.1, 0.15) is 5.82 Å². The van der Waals surface area contributed by atoms with Gasteiger partial charge in [-0.05, 0) is 37.7 Å². The predicted molar refractivity (Wildman–Crippen MR) is 97.3 cm³/mol. The first-order valence-electron chi connectivity index (χ1n) is 8.46. The zero-order chi connectivity index (χ0) is 18.6. The molecule has 8 heteroatoms. The lowest BCUT2D eigenvalue weighted by molar-refractivity contribution is 0.0669. The zero-order valence-electron chi connectivity index (χ0n) is 14.5. The number of rotatable bonds is 7. The minimum Gasteiger partial charge on any atom is -0.333 e. The maximum atomic E-state index is 14.2. The molecule has 1 atom stereocenters. The van der Waals surface area contributed by atoms with Gasteiger partial charge in [0.2, 0.25) is 0 Å². The van der Waals surface area contributed by atoms with Gasteiger partial charge in [-0.25, -0.2) is 12.8 Å². The SMILES string of the molecule is CCN(CC)CCN(C(=O)c1ccc(Cl)cc1F)[C@H]1CCS(=O)(=O)C1. The summed E-state index contributed by atoms with van der Waals surface area (Å²) in [6.07, 6.45) is 0.390. The molecule has 0 saturated carbocycles. The average molecular weight is 391 g/mol. The van der Waals surface area contributed by atoms with Crippen molar-refractivity contribution in [1.29, 1.82) is 0 Å². The molecule has 140 valence electrons. The fraction of sp³-hybridized carbons (Fsp3) is 0.588. The van der Waals surface area contributed by atoms with E-state index in [9.17, 15) is 17.6 Å². The number of hydrogen-bond acceptors (Lipinski definition) is 4. The highest BCUT2D eigenvalue weighted by Gasteiger charge is 2.35. The standard InChI is InChI=1S/C17H24ClFN2O3S/c1-3-20(4-2)8-9-21(14-7-10-25(23,24)12-14)17(22)15-6-5-13(18)11-16(15)19/h5-6,11,14H,3-4,7-10,12H2,1-2H3/t14-/m0/s1. The molecule has 1 saturated heterocycles. The first-order valence-corrected chi connectivity index (χ1v) is 10.7. The molecule has 0 unspecified atom stereocenters. The third-order valence-electron chi connectivity index (χ3n) is 4.62. The van der Waals surface area contributed by atoms with Crippen molar-refractivity contribution in [2.45, 2.75) is 26.3 Å². The molecule has 0 radical (unpaired) electrons. The fourth-order valence-corrected chi connectivity index (χ4v) is 4.97. The van der Waals surface area contributed by atoms with Crippen molar-refractivity contribution in [2.75, 3.05) is 37.7 Å². The molecule has 1 aromatic carbocycles. The van der Waals surface area contributed by atoms with E-state index in [4.69, 9.17) is 11.6 Å². The summed E-state index contributed by atoms with van der Waals surface area (Å²) in [6, 6.07) is 3.51. The summed E-state index contributed by atoms with van der Waals surface area (Å²) in [7, 11) is -3.15. The quantitative estimate of drug-likeness (QED) is 0.717. The molecule has 0 spiro atoms. The summed E-state index contributed by atoms with van der Waals surface area (Å²) in [5, 5.41) is 0.215. The Bertz CT molecular complexity index is 723. The summed E-state index contributed by atoms with van der Waals surface area (Å²) in [5.74, 6) is -1.17. The number of nitrogens with zero attached hydrogens (tertiary/aromatic N) is 2. The van der Waals surface area contributed by atoms with Gasteiger partial charge in [0.15, 0.2) is 9.84 Å². The molecule has 1 aromatic rings. The van der Waals surface area contributed by atoms with Crippen LogP contribution in [0.2, 0.25) is 5.02 Å². The van der Waals surface area contributed by atoms with Gasteiger partial charge in [0.25, 0.3) is 5.91 Å². The molecule has 1 fully saturated rings.